The average molecular weight is 365 g/mol. The maximum absolute atomic E-state index is 9.42. The van der Waals surface area contributed by atoms with Gasteiger partial charge >= 0.3 is 0 Å². The van der Waals surface area contributed by atoms with Crippen molar-refractivity contribution in [1.29, 1.82) is 5.26 Å². The molecule has 3 aromatic rings. The second-order valence-electron chi connectivity index (χ2n) is 5.32. The van der Waals surface area contributed by atoms with Crippen LogP contribution in [0.1, 0.15) is 27.3 Å². The number of nitriles is 1. The average Bonchev–Trinajstić information content (AvgIpc) is 3.13. The summed E-state index contributed by atoms with van der Waals surface area (Å²) < 4.78 is 0. The summed E-state index contributed by atoms with van der Waals surface area (Å²) in [6, 6.07) is 12.4. The van der Waals surface area contributed by atoms with Crippen LogP contribution in [0.15, 0.2) is 48.0 Å². The highest BCUT2D eigenvalue weighted by Crippen LogP contribution is 2.21. The van der Waals surface area contributed by atoms with Crippen molar-refractivity contribution in [3.05, 3.63) is 80.3 Å². The van der Waals surface area contributed by atoms with Gasteiger partial charge < -0.3 is 5.11 Å². The number of aromatic hydroxyl groups is 1. The normalized spacial score (nSPS) is 9.92. The van der Waals surface area contributed by atoms with Crippen LogP contribution in [0.25, 0.3) is 0 Å². The molecule has 0 amide bonds. The maximum Gasteiger partial charge on any atom is 0.117 e. The zero-order valence-electron chi connectivity index (χ0n) is 13.2. The molecule has 0 bridgehead atoms. The van der Waals surface area contributed by atoms with Gasteiger partial charge in [-0.15, -0.1) is 11.3 Å². The summed E-state index contributed by atoms with van der Waals surface area (Å²) in [4.78, 5) is 4.29. The molecule has 3 rings (SSSR count). The number of nitrogens with zero attached hydrogens (tertiary/aromatic N) is 2. The van der Waals surface area contributed by atoms with Crippen LogP contribution in [0.5, 0.6) is 5.75 Å². The monoisotopic (exact) mass is 364 g/mol. The number of hydrogen-bond donors (Lipinski definition) is 1. The molecule has 0 saturated carbocycles. The first kappa shape index (κ1) is 17.0. The van der Waals surface area contributed by atoms with Gasteiger partial charge in [0, 0.05) is 29.1 Å². The van der Waals surface area contributed by atoms with Gasteiger partial charge in [-0.25, -0.2) is 4.98 Å². The third-order valence-electron chi connectivity index (χ3n) is 3.61. The van der Waals surface area contributed by atoms with Gasteiger partial charge in [0.05, 0.1) is 21.7 Å². The van der Waals surface area contributed by atoms with Crippen molar-refractivity contribution >= 4 is 22.9 Å². The fourth-order valence-corrected chi connectivity index (χ4v) is 3.19. The first-order chi connectivity index (χ1) is 12.2. The van der Waals surface area contributed by atoms with Crippen molar-refractivity contribution in [3.8, 4) is 23.7 Å². The summed E-state index contributed by atoms with van der Waals surface area (Å²) >= 11 is 7.72. The molecule has 1 aromatic heterocycles. The Kier molecular flexibility index (Phi) is 5.36. The van der Waals surface area contributed by atoms with Gasteiger partial charge in [-0.1, -0.05) is 23.4 Å². The summed E-state index contributed by atoms with van der Waals surface area (Å²) in [5.74, 6) is 6.28. The Morgan fingerprint density at radius 1 is 1.08 bits per heavy atom. The van der Waals surface area contributed by atoms with E-state index in [1.807, 2.05) is 17.5 Å². The maximum atomic E-state index is 9.42. The van der Waals surface area contributed by atoms with Gasteiger partial charge in [-0.3, -0.25) is 0 Å². The lowest BCUT2D eigenvalue weighted by Gasteiger charge is -2.04. The molecule has 122 valence electrons. The second kappa shape index (κ2) is 7.85. The molecule has 0 unspecified atom stereocenters. The van der Waals surface area contributed by atoms with Crippen molar-refractivity contribution in [1.82, 2.24) is 4.98 Å². The highest BCUT2D eigenvalue weighted by atomic mass is 35.5. The van der Waals surface area contributed by atoms with Crippen molar-refractivity contribution in [2.75, 3.05) is 0 Å². The van der Waals surface area contributed by atoms with Crippen LogP contribution in [0.2, 0.25) is 5.02 Å². The number of thiazole rings is 1. The molecule has 5 heteroatoms. The van der Waals surface area contributed by atoms with Crippen LogP contribution in [0, 0.1) is 23.2 Å². The Bertz CT molecular complexity index is 995. The van der Waals surface area contributed by atoms with Gasteiger partial charge in [0.2, 0.25) is 0 Å². The standard InChI is InChI=1S/C20H13ClN2OS/c21-19-12-18(24)7-5-16(19)4-3-15-2-1-14(13-22)11-17(15)6-8-20-23-9-10-25-20/h1-2,5,7,9-12,24H,6,8H2. The van der Waals surface area contributed by atoms with Crippen molar-refractivity contribution in [2.45, 2.75) is 12.8 Å². The lowest BCUT2D eigenvalue weighted by molar-refractivity contribution is 0.475. The molecule has 0 spiro atoms. The molecule has 0 saturated heterocycles. The zero-order valence-corrected chi connectivity index (χ0v) is 14.7. The molecule has 0 aliphatic heterocycles. The summed E-state index contributed by atoms with van der Waals surface area (Å²) in [6.07, 6.45) is 3.36. The van der Waals surface area contributed by atoms with Crippen LogP contribution < -0.4 is 0 Å². The van der Waals surface area contributed by atoms with Gasteiger partial charge in [0.25, 0.3) is 0 Å². The molecule has 0 atom stereocenters. The van der Waals surface area contributed by atoms with Crippen molar-refractivity contribution in [3.63, 3.8) is 0 Å². The smallest absolute Gasteiger partial charge is 0.117 e. The van der Waals surface area contributed by atoms with Gasteiger partial charge in [0.15, 0.2) is 0 Å². The molecule has 0 radical (unpaired) electrons. The summed E-state index contributed by atoms with van der Waals surface area (Å²) in [7, 11) is 0. The second-order valence-corrected chi connectivity index (χ2v) is 6.71. The van der Waals surface area contributed by atoms with E-state index in [0.717, 1.165) is 29.0 Å². The van der Waals surface area contributed by atoms with E-state index in [1.54, 1.807) is 35.7 Å². The number of aromatic nitrogens is 1. The molecule has 25 heavy (non-hydrogen) atoms. The van der Waals surface area contributed by atoms with Crippen LogP contribution in [-0.2, 0) is 12.8 Å². The zero-order chi connectivity index (χ0) is 17.6. The molecule has 0 fully saturated rings. The number of rotatable bonds is 3. The van der Waals surface area contributed by atoms with Crippen molar-refractivity contribution in [2.24, 2.45) is 0 Å². The van der Waals surface area contributed by atoms with E-state index in [-0.39, 0.29) is 5.75 Å². The molecular formula is C20H13ClN2OS. The number of hydrogen-bond acceptors (Lipinski definition) is 4. The largest absolute Gasteiger partial charge is 0.508 e. The number of benzene rings is 2. The summed E-state index contributed by atoms with van der Waals surface area (Å²) in [5, 5.41) is 22.0. The van der Waals surface area contributed by atoms with E-state index in [2.05, 4.69) is 22.9 Å². The highest BCUT2D eigenvalue weighted by molar-refractivity contribution is 7.09. The Morgan fingerprint density at radius 2 is 1.88 bits per heavy atom. The first-order valence-electron chi connectivity index (χ1n) is 7.57. The minimum absolute atomic E-state index is 0.109. The van der Waals surface area contributed by atoms with Crippen LogP contribution in [0.4, 0.5) is 0 Å². The molecule has 0 aliphatic carbocycles. The van der Waals surface area contributed by atoms with E-state index in [4.69, 9.17) is 16.9 Å². The van der Waals surface area contributed by atoms with Crippen LogP contribution in [0.3, 0.4) is 0 Å². The number of phenols is 1. The van der Waals surface area contributed by atoms with Crippen molar-refractivity contribution < 1.29 is 5.11 Å². The molecule has 1 N–H and O–H groups in total. The Balaban J connectivity index is 1.90. The SMILES string of the molecule is N#Cc1ccc(C#Cc2ccc(O)cc2Cl)c(CCc2nccs2)c1. The third-order valence-corrected chi connectivity index (χ3v) is 4.76. The summed E-state index contributed by atoms with van der Waals surface area (Å²) in [6.45, 7) is 0. The Labute approximate surface area is 155 Å². The van der Waals surface area contributed by atoms with Crippen LogP contribution in [-0.4, -0.2) is 10.1 Å². The van der Waals surface area contributed by atoms with Gasteiger partial charge in [-0.2, -0.15) is 5.26 Å². The minimum Gasteiger partial charge on any atom is -0.508 e. The molecule has 1 heterocycles. The number of aryl methyl sites for hydroxylation is 2. The van der Waals surface area contributed by atoms with E-state index in [9.17, 15) is 5.11 Å². The molecule has 2 aromatic carbocycles. The van der Waals surface area contributed by atoms with Gasteiger partial charge in [0.1, 0.15) is 5.75 Å². The fourth-order valence-electron chi connectivity index (χ4n) is 2.35. The first-order valence-corrected chi connectivity index (χ1v) is 8.83. The van der Waals surface area contributed by atoms with E-state index < -0.39 is 0 Å². The number of halogens is 1. The topological polar surface area (TPSA) is 56.9 Å². The Hall–Kier alpha value is -2.79. The lowest BCUT2D eigenvalue weighted by Crippen LogP contribution is -1.95. The minimum atomic E-state index is 0.109. The van der Waals surface area contributed by atoms with E-state index in [0.29, 0.717) is 16.1 Å². The molecule has 0 aliphatic rings. The number of phenolic OH excluding ortho intramolecular Hbond substituents is 1. The van der Waals surface area contributed by atoms with E-state index >= 15 is 0 Å². The molecular weight excluding hydrogens is 352 g/mol. The predicted octanol–water partition coefficient (Wildman–Crippen LogP) is 4.56. The molecule has 3 nitrogen and oxygen atoms in total. The highest BCUT2D eigenvalue weighted by Gasteiger charge is 2.05. The summed E-state index contributed by atoms with van der Waals surface area (Å²) in [5.41, 5.74) is 3.13. The van der Waals surface area contributed by atoms with Crippen LogP contribution >= 0.6 is 22.9 Å². The van der Waals surface area contributed by atoms with E-state index in [1.165, 1.54) is 6.07 Å². The Morgan fingerprint density at radius 3 is 2.60 bits per heavy atom. The predicted molar refractivity (Wildman–Crippen MR) is 99.8 cm³/mol. The lowest BCUT2D eigenvalue weighted by atomic mass is 10.00. The van der Waals surface area contributed by atoms with Gasteiger partial charge in [-0.05, 0) is 48.4 Å². The fraction of sp³-hybridized carbons (Fsp3) is 0.100. The third kappa shape index (κ3) is 4.39. The quantitative estimate of drug-likeness (QED) is 0.693.